The van der Waals surface area contributed by atoms with Crippen molar-refractivity contribution < 1.29 is 9.66 Å². The lowest BCUT2D eigenvalue weighted by Gasteiger charge is -2.09. The molecule has 0 fully saturated rings. The van der Waals surface area contributed by atoms with E-state index in [4.69, 9.17) is 4.74 Å². The maximum atomic E-state index is 11.3. The van der Waals surface area contributed by atoms with Gasteiger partial charge in [0, 0.05) is 6.54 Å². The first kappa shape index (κ1) is 15.4. The fourth-order valence-corrected chi connectivity index (χ4v) is 2.00. The van der Waals surface area contributed by atoms with Crippen molar-refractivity contribution in [3.05, 3.63) is 58.4 Å². The molecule has 2 aromatic rings. The van der Waals surface area contributed by atoms with E-state index in [1.165, 1.54) is 6.33 Å². The lowest BCUT2D eigenvalue weighted by molar-refractivity contribution is -0.385. The Morgan fingerprint density at radius 1 is 1.32 bits per heavy atom. The zero-order chi connectivity index (χ0) is 16.1. The Hall–Kier alpha value is -2.96. The molecule has 1 aromatic carbocycles. The number of nitrogens with one attached hydrogen (secondary N) is 1. The quantitative estimate of drug-likeness (QED) is 0.499. The van der Waals surface area contributed by atoms with Crippen LogP contribution in [-0.4, -0.2) is 21.4 Å². The smallest absolute Gasteiger partial charge is 0.373 e. The molecule has 1 N–H and O–H groups in total. The molecule has 0 bridgehead atoms. The molecule has 0 spiro atoms. The number of ether oxygens (including phenoxy) is 1. The summed E-state index contributed by atoms with van der Waals surface area (Å²) in [5, 5.41) is 14.1. The lowest BCUT2D eigenvalue weighted by atomic mass is 10.1. The minimum Gasteiger partial charge on any atom is -0.434 e. The zero-order valence-corrected chi connectivity index (χ0v) is 12.4. The third kappa shape index (κ3) is 3.57. The van der Waals surface area contributed by atoms with Gasteiger partial charge in [0.2, 0.25) is 5.82 Å². The van der Waals surface area contributed by atoms with Gasteiger partial charge in [0.1, 0.15) is 12.1 Å². The number of hydrogen-bond acceptors (Lipinski definition) is 6. The Kier molecular flexibility index (Phi) is 4.67. The zero-order valence-electron chi connectivity index (χ0n) is 12.4. The van der Waals surface area contributed by atoms with Crippen molar-refractivity contribution in [1.82, 2.24) is 9.97 Å². The number of aromatic nitrogens is 2. The molecular weight excluding hydrogens is 284 g/mol. The lowest BCUT2D eigenvalue weighted by Crippen LogP contribution is -2.06. The molecule has 0 atom stereocenters. The fourth-order valence-electron chi connectivity index (χ4n) is 2.00. The SMILES string of the molecule is C=CCNc1ncnc(Oc2cc(C)cc(C)c2)c1[N+](=O)[O-]. The third-order valence-electron chi connectivity index (χ3n) is 2.79. The Morgan fingerprint density at radius 3 is 2.59 bits per heavy atom. The number of nitro groups is 1. The first-order valence-corrected chi connectivity index (χ1v) is 6.61. The molecular formula is C15H16N4O3. The first-order valence-electron chi connectivity index (χ1n) is 6.61. The van der Waals surface area contributed by atoms with Crippen molar-refractivity contribution in [3.63, 3.8) is 0 Å². The van der Waals surface area contributed by atoms with Gasteiger partial charge < -0.3 is 10.1 Å². The Morgan fingerprint density at radius 2 is 2.00 bits per heavy atom. The van der Waals surface area contributed by atoms with E-state index in [1.54, 1.807) is 18.2 Å². The van der Waals surface area contributed by atoms with Crippen LogP contribution in [0.1, 0.15) is 11.1 Å². The largest absolute Gasteiger partial charge is 0.434 e. The molecule has 2 rings (SSSR count). The summed E-state index contributed by atoms with van der Waals surface area (Å²) >= 11 is 0. The van der Waals surface area contributed by atoms with Crippen molar-refractivity contribution in [2.24, 2.45) is 0 Å². The van der Waals surface area contributed by atoms with Crippen LogP contribution in [0.2, 0.25) is 0 Å². The Labute approximate surface area is 127 Å². The summed E-state index contributed by atoms with van der Waals surface area (Å²) in [6, 6.07) is 5.56. The van der Waals surface area contributed by atoms with Gasteiger partial charge in [-0.25, -0.2) is 4.98 Å². The molecule has 7 heteroatoms. The molecule has 0 amide bonds. The second-order valence-electron chi connectivity index (χ2n) is 4.73. The Bertz CT molecular complexity index is 696. The van der Waals surface area contributed by atoms with Crippen molar-refractivity contribution in [2.45, 2.75) is 13.8 Å². The summed E-state index contributed by atoms with van der Waals surface area (Å²) in [4.78, 5) is 18.5. The summed E-state index contributed by atoms with van der Waals surface area (Å²) < 4.78 is 5.59. The van der Waals surface area contributed by atoms with E-state index >= 15 is 0 Å². The number of benzene rings is 1. The predicted octanol–water partition coefficient (Wildman–Crippen LogP) is 3.39. The molecule has 0 aliphatic rings. The highest BCUT2D eigenvalue weighted by atomic mass is 16.6. The van der Waals surface area contributed by atoms with Crippen LogP contribution in [0, 0.1) is 24.0 Å². The summed E-state index contributed by atoms with van der Waals surface area (Å²) in [5.74, 6) is 0.491. The van der Waals surface area contributed by atoms with Crippen LogP contribution in [0.15, 0.2) is 37.2 Å². The normalized spacial score (nSPS) is 10.1. The van der Waals surface area contributed by atoms with Gasteiger partial charge in [-0.05, 0) is 37.1 Å². The van der Waals surface area contributed by atoms with Crippen LogP contribution in [0.4, 0.5) is 11.5 Å². The summed E-state index contributed by atoms with van der Waals surface area (Å²) in [7, 11) is 0. The molecule has 0 aliphatic carbocycles. The third-order valence-corrected chi connectivity index (χ3v) is 2.79. The van der Waals surface area contributed by atoms with Crippen LogP contribution < -0.4 is 10.1 Å². The average Bonchev–Trinajstić information content (AvgIpc) is 2.43. The van der Waals surface area contributed by atoms with Gasteiger partial charge in [0.15, 0.2) is 0 Å². The second kappa shape index (κ2) is 6.66. The van der Waals surface area contributed by atoms with Gasteiger partial charge in [-0.3, -0.25) is 10.1 Å². The van der Waals surface area contributed by atoms with Gasteiger partial charge in [-0.1, -0.05) is 12.1 Å². The van der Waals surface area contributed by atoms with Gasteiger partial charge >= 0.3 is 11.6 Å². The summed E-state index contributed by atoms with van der Waals surface area (Å²) in [6.07, 6.45) is 2.80. The summed E-state index contributed by atoms with van der Waals surface area (Å²) in [5.41, 5.74) is 1.69. The standard InChI is InChI=1S/C15H16N4O3/c1-4-5-16-14-13(19(20)21)15(18-9-17-14)22-12-7-10(2)6-11(3)8-12/h4,6-9H,1,5H2,2-3H3,(H,16,17,18). The fraction of sp³-hybridized carbons (Fsp3) is 0.200. The van der Waals surface area contributed by atoms with Gasteiger partial charge in [0.25, 0.3) is 0 Å². The van der Waals surface area contributed by atoms with Crippen LogP contribution >= 0.6 is 0 Å². The van der Waals surface area contributed by atoms with E-state index in [9.17, 15) is 10.1 Å². The topological polar surface area (TPSA) is 90.2 Å². The first-order chi connectivity index (χ1) is 10.5. The highest BCUT2D eigenvalue weighted by Gasteiger charge is 2.24. The molecule has 0 unspecified atom stereocenters. The van der Waals surface area contributed by atoms with Crippen LogP contribution in [0.3, 0.4) is 0 Å². The number of rotatable bonds is 6. The molecule has 7 nitrogen and oxygen atoms in total. The van der Waals surface area contributed by atoms with E-state index in [0.717, 1.165) is 11.1 Å². The second-order valence-corrected chi connectivity index (χ2v) is 4.73. The van der Waals surface area contributed by atoms with Gasteiger partial charge in [-0.15, -0.1) is 6.58 Å². The predicted molar refractivity (Wildman–Crippen MR) is 83.4 cm³/mol. The van der Waals surface area contributed by atoms with Crippen molar-refractivity contribution >= 4 is 11.5 Å². The van der Waals surface area contributed by atoms with Crippen LogP contribution in [0.5, 0.6) is 11.6 Å². The highest BCUT2D eigenvalue weighted by molar-refractivity contribution is 5.62. The van der Waals surface area contributed by atoms with Crippen LogP contribution in [-0.2, 0) is 0 Å². The minimum atomic E-state index is -0.566. The maximum Gasteiger partial charge on any atom is 0.373 e. The molecule has 114 valence electrons. The maximum absolute atomic E-state index is 11.3. The highest BCUT2D eigenvalue weighted by Crippen LogP contribution is 2.34. The van der Waals surface area contributed by atoms with E-state index in [0.29, 0.717) is 12.3 Å². The average molecular weight is 300 g/mol. The molecule has 1 heterocycles. The van der Waals surface area contributed by atoms with E-state index in [-0.39, 0.29) is 17.4 Å². The molecule has 0 saturated carbocycles. The molecule has 22 heavy (non-hydrogen) atoms. The molecule has 0 aliphatic heterocycles. The number of hydrogen-bond donors (Lipinski definition) is 1. The number of aryl methyl sites for hydroxylation is 2. The molecule has 0 saturated heterocycles. The summed E-state index contributed by atoms with van der Waals surface area (Å²) in [6.45, 7) is 7.74. The number of anilines is 1. The van der Waals surface area contributed by atoms with Gasteiger partial charge in [-0.2, -0.15) is 4.98 Å². The van der Waals surface area contributed by atoms with Crippen molar-refractivity contribution in [2.75, 3.05) is 11.9 Å². The van der Waals surface area contributed by atoms with Crippen molar-refractivity contribution in [1.29, 1.82) is 0 Å². The van der Waals surface area contributed by atoms with E-state index in [1.807, 2.05) is 19.9 Å². The molecule has 0 radical (unpaired) electrons. The monoisotopic (exact) mass is 300 g/mol. The van der Waals surface area contributed by atoms with Crippen LogP contribution in [0.25, 0.3) is 0 Å². The van der Waals surface area contributed by atoms with Crippen molar-refractivity contribution in [3.8, 4) is 11.6 Å². The van der Waals surface area contributed by atoms with E-state index in [2.05, 4.69) is 21.9 Å². The number of nitrogens with zero attached hydrogens (tertiary/aromatic N) is 3. The minimum absolute atomic E-state index is 0.0966. The molecule has 1 aromatic heterocycles. The van der Waals surface area contributed by atoms with E-state index < -0.39 is 4.92 Å². The Balaban J connectivity index is 2.41. The van der Waals surface area contributed by atoms with Gasteiger partial charge in [0.05, 0.1) is 4.92 Å².